The molecule has 5 rings (SSSR count). The van der Waals surface area contributed by atoms with E-state index in [0.29, 0.717) is 35.1 Å². The van der Waals surface area contributed by atoms with E-state index in [9.17, 15) is 17.9 Å². The molecule has 0 amide bonds. The van der Waals surface area contributed by atoms with Gasteiger partial charge in [0.05, 0.1) is 5.56 Å². The van der Waals surface area contributed by atoms with E-state index in [-0.39, 0.29) is 25.3 Å². The van der Waals surface area contributed by atoms with Gasteiger partial charge in [-0.1, -0.05) is 0 Å². The zero-order chi connectivity index (χ0) is 24.5. The predicted octanol–water partition coefficient (Wildman–Crippen LogP) is 5.99. The molecule has 182 valence electrons. The lowest BCUT2D eigenvalue weighted by Crippen LogP contribution is -2.27. The van der Waals surface area contributed by atoms with Crippen LogP contribution in [-0.2, 0) is 22.6 Å². The SMILES string of the molecule is O=C(Cl)CCCN(Cc1cc2oc(-c3ccc(F)cc3)c(-c3ncc[nH]3)c2cc1C1CC1)S(=O)O. The number of benzene rings is 2. The lowest BCUT2D eigenvalue weighted by atomic mass is 9.97. The van der Waals surface area contributed by atoms with Gasteiger partial charge < -0.3 is 9.40 Å². The van der Waals surface area contributed by atoms with Crippen LogP contribution in [0.15, 0.2) is 53.2 Å². The highest BCUT2D eigenvalue weighted by Gasteiger charge is 2.30. The van der Waals surface area contributed by atoms with E-state index >= 15 is 0 Å². The van der Waals surface area contributed by atoms with Gasteiger partial charge in [-0.05, 0) is 84.3 Å². The third-order valence-corrected chi connectivity index (χ3v) is 7.10. The normalized spacial score (nSPS) is 14.6. The van der Waals surface area contributed by atoms with Crippen LogP contribution in [0.5, 0.6) is 0 Å². The van der Waals surface area contributed by atoms with Gasteiger partial charge in [0, 0.05) is 42.9 Å². The molecule has 0 radical (unpaired) electrons. The van der Waals surface area contributed by atoms with Crippen LogP contribution in [0.25, 0.3) is 33.7 Å². The molecule has 1 unspecified atom stereocenters. The van der Waals surface area contributed by atoms with Crippen LogP contribution < -0.4 is 0 Å². The minimum absolute atomic E-state index is 0.134. The van der Waals surface area contributed by atoms with E-state index in [2.05, 4.69) is 16.0 Å². The van der Waals surface area contributed by atoms with Crippen molar-refractivity contribution in [3.63, 3.8) is 0 Å². The van der Waals surface area contributed by atoms with E-state index in [1.807, 2.05) is 6.07 Å². The van der Waals surface area contributed by atoms with Crippen molar-refractivity contribution in [2.24, 2.45) is 0 Å². The maximum absolute atomic E-state index is 13.6. The van der Waals surface area contributed by atoms with Gasteiger partial charge in [0.15, 0.2) is 0 Å². The number of H-pyrrole nitrogens is 1. The Balaban J connectivity index is 1.60. The number of carbonyl (C=O) groups is 1. The summed E-state index contributed by atoms with van der Waals surface area (Å²) in [6.45, 7) is 0.477. The Bertz CT molecular complexity index is 1380. The molecule has 2 N–H and O–H groups in total. The average Bonchev–Trinajstić information content (AvgIpc) is 3.39. The van der Waals surface area contributed by atoms with Crippen LogP contribution in [0, 0.1) is 5.82 Å². The van der Waals surface area contributed by atoms with Crippen molar-refractivity contribution in [2.45, 2.75) is 38.1 Å². The van der Waals surface area contributed by atoms with Crippen molar-refractivity contribution in [1.82, 2.24) is 14.3 Å². The first-order chi connectivity index (χ1) is 16.9. The molecule has 0 aliphatic heterocycles. The Hall–Kier alpha value is -2.85. The second-order valence-corrected chi connectivity index (χ2v) is 10.0. The summed E-state index contributed by atoms with van der Waals surface area (Å²) in [5.74, 6) is 1.23. The number of nitrogens with zero attached hydrogens (tertiary/aromatic N) is 2. The Morgan fingerprint density at radius 1 is 1.29 bits per heavy atom. The van der Waals surface area contributed by atoms with Gasteiger partial charge in [-0.25, -0.2) is 13.6 Å². The summed E-state index contributed by atoms with van der Waals surface area (Å²) in [4.78, 5) is 18.7. The quantitative estimate of drug-likeness (QED) is 0.199. The number of aromatic amines is 1. The summed E-state index contributed by atoms with van der Waals surface area (Å²) in [6.07, 6.45) is 6.00. The van der Waals surface area contributed by atoms with Gasteiger partial charge in [-0.15, -0.1) is 0 Å². The molecule has 1 atom stereocenters. The highest BCUT2D eigenvalue weighted by molar-refractivity contribution is 7.76. The maximum Gasteiger partial charge on any atom is 0.234 e. The first kappa shape index (κ1) is 23.9. The Morgan fingerprint density at radius 3 is 2.69 bits per heavy atom. The first-order valence-electron chi connectivity index (χ1n) is 11.3. The minimum atomic E-state index is -2.21. The van der Waals surface area contributed by atoms with Crippen LogP contribution >= 0.6 is 11.6 Å². The molecule has 2 aromatic carbocycles. The summed E-state index contributed by atoms with van der Waals surface area (Å²) in [6, 6.07) is 10.1. The van der Waals surface area contributed by atoms with Gasteiger partial charge in [-0.3, -0.25) is 9.35 Å². The number of hydrogen-bond donors (Lipinski definition) is 2. The molecule has 0 bridgehead atoms. The van der Waals surface area contributed by atoms with Gasteiger partial charge in [0.25, 0.3) is 0 Å². The summed E-state index contributed by atoms with van der Waals surface area (Å²) in [5.41, 5.74) is 4.10. The van der Waals surface area contributed by atoms with Crippen LogP contribution in [-0.4, -0.2) is 34.8 Å². The van der Waals surface area contributed by atoms with Crippen LogP contribution in [0.4, 0.5) is 4.39 Å². The molecule has 2 heterocycles. The molecule has 1 fully saturated rings. The Kier molecular flexibility index (Phi) is 6.84. The fourth-order valence-corrected chi connectivity index (χ4v) is 5.02. The molecular weight excluding hydrogens is 493 g/mol. The zero-order valence-corrected chi connectivity index (χ0v) is 20.2. The monoisotopic (exact) mass is 515 g/mol. The molecule has 7 nitrogen and oxygen atoms in total. The Morgan fingerprint density at radius 2 is 2.06 bits per heavy atom. The van der Waals surface area contributed by atoms with Crippen LogP contribution in [0.2, 0.25) is 0 Å². The van der Waals surface area contributed by atoms with Gasteiger partial charge in [0.1, 0.15) is 23.0 Å². The molecule has 1 aliphatic carbocycles. The zero-order valence-electron chi connectivity index (χ0n) is 18.7. The molecule has 1 saturated carbocycles. The number of aromatic nitrogens is 2. The lowest BCUT2D eigenvalue weighted by molar-refractivity contribution is -0.111. The number of imidazole rings is 1. The van der Waals surface area contributed by atoms with Crippen LogP contribution in [0.3, 0.4) is 0 Å². The van der Waals surface area contributed by atoms with Crippen molar-refractivity contribution < 1.29 is 22.4 Å². The number of halogens is 2. The van der Waals surface area contributed by atoms with Crippen molar-refractivity contribution in [3.8, 4) is 22.7 Å². The number of nitrogens with one attached hydrogen (secondary N) is 1. The van der Waals surface area contributed by atoms with E-state index in [0.717, 1.165) is 34.9 Å². The van der Waals surface area contributed by atoms with Crippen molar-refractivity contribution >= 4 is 39.1 Å². The van der Waals surface area contributed by atoms with E-state index < -0.39 is 16.5 Å². The molecule has 0 saturated heterocycles. The van der Waals surface area contributed by atoms with Crippen LogP contribution in [0.1, 0.15) is 42.7 Å². The summed E-state index contributed by atoms with van der Waals surface area (Å²) >= 11 is 3.21. The third-order valence-electron chi connectivity index (χ3n) is 6.16. The van der Waals surface area contributed by atoms with E-state index in [1.54, 1.807) is 24.5 Å². The minimum Gasteiger partial charge on any atom is -0.455 e. The molecule has 10 heteroatoms. The summed E-state index contributed by atoms with van der Waals surface area (Å²) in [5, 5.41) is 0.400. The van der Waals surface area contributed by atoms with Crippen molar-refractivity contribution in [1.29, 1.82) is 0 Å². The van der Waals surface area contributed by atoms with E-state index in [1.165, 1.54) is 16.4 Å². The average molecular weight is 516 g/mol. The van der Waals surface area contributed by atoms with Gasteiger partial charge in [0.2, 0.25) is 16.5 Å². The molecule has 35 heavy (non-hydrogen) atoms. The van der Waals surface area contributed by atoms with Crippen molar-refractivity contribution in [3.05, 3.63) is 65.7 Å². The number of rotatable bonds is 10. The maximum atomic E-state index is 13.6. The van der Waals surface area contributed by atoms with Crippen molar-refractivity contribution in [2.75, 3.05) is 6.54 Å². The predicted molar refractivity (Wildman–Crippen MR) is 132 cm³/mol. The smallest absolute Gasteiger partial charge is 0.234 e. The van der Waals surface area contributed by atoms with Gasteiger partial charge in [-0.2, -0.15) is 4.31 Å². The number of hydrogen-bond acceptors (Lipinski definition) is 4. The first-order valence-corrected chi connectivity index (χ1v) is 12.7. The number of carbonyl (C=O) groups excluding carboxylic acids is 1. The molecule has 2 aromatic heterocycles. The largest absolute Gasteiger partial charge is 0.455 e. The standard InChI is InChI=1S/C25H23ClFN3O4S/c26-22(31)2-1-11-30(35(32)33)14-17-12-21-20(13-19(17)15-3-4-15)23(25-28-9-10-29-25)24(34-21)16-5-7-18(27)8-6-16/h5-10,12-13,15H,1-4,11,14H2,(H,28,29)(H,32,33). The van der Waals surface area contributed by atoms with E-state index in [4.69, 9.17) is 16.0 Å². The fraction of sp³-hybridized carbons (Fsp3) is 0.280. The molecule has 0 spiro atoms. The second kappa shape index (κ2) is 10.0. The fourth-order valence-electron chi connectivity index (χ4n) is 4.35. The second-order valence-electron chi connectivity index (χ2n) is 8.63. The highest BCUT2D eigenvalue weighted by atomic mass is 35.5. The summed E-state index contributed by atoms with van der Waals surface area (Å²) < 4.78 is 43.2. The highest BCUT2D eigenvalue weighted by Crippen LogP contribution is 2.46. The summed E-state index contributed by atoms with van der Waals surface area (Å²) in [7, 11) is 0. The molecular formula is C25H23ClFN3O4S. The number of furan rings is 1. The topological polar surface area (TPSA) is 99.4 Å². The lowest BCUT2D eigenvalue weighted by Gasteiger charge is -2.19. The number of fused-ring (bicyclic) bond motifs is 1. The molecule has 1 aliphatic rings. The third kappa shape index (κ3) is 5.23. The van der Waals surface area contributed by atoms with Gasteiger partial charge >= 0.3 is 0 Å². The Labute approximate surface area is 208 Å². The molecule has 4 aromatic rings.